The molecule has 0 heterocycles. The van der Waals surface area contributed by atoms with Crippen LogP contribution in [0.15, 0.2) is 29.8 Å². The van der Waals surface area contributed by atoms with Crippen molar-refractivity contribution >= 4 is 24.2 Å². The van der Waals surface area contributed by atoms with Crippen molar-refractivity contribution in [3.63, 3.8) is 0 Å². The summed E-state index contributed by atoms with van der Waals surface area (Å²) >= 11 is 0. The number of ether oxygens (including phenoxy) is 4. The molecule has 1 unspecified atom stereocenters. The van der Waals surface area contributed by atoms with E-state index in [-0.39, 0.29) is 25.4 Å². The number of rotatable bonds is 7. The predicted octanol–water partition coefficient (Wildman–Crippen LogP) is 3.01. The van der Waals surface area contributed by atoms with Gasteiger partial charge in [-0.05, 0) is 44.9 Å². The molecule has 0 aliphatic heterocycles. The summed E-state index contributed by atoms with van der Waals surface area (Å²) in [4.78, 5) is 37.9. The number of hydrogen-bond donors (Lipinski definition) is 0. The highest BCUT2D eigenvalue weighted by Gasteiger charge is 2.58. The van der Waals surface area contributed by atoms with E-state index in [0.717, 1.165) is 0 Å². The monoisotopic (exact) mass is 376 g/mol. The Morgan fingerprint density at radius 1 is 0.926 bits per heavy atom. The largest absolute Gasteiger partial charge is 0.508 e. The minimum absolute atomic E-state index is 0.0859. The molecule has 0 spiro atoms. The zero-order chi connectivity index (χ0) is 20.0. The second-order valence-corrected chi connectivity index (χ2v) is 5.82. The molecule has 0 amide bonds. The van der Waals surface area contributed by atoms with Gasteiger partial charge in [-0.1, -0.05) is 24.3 Å². The van der Waals surface area contributed by atoms with Gasteiger partial charge in [-0.3, -0.25) is 9.59 Å². The van der Waals surface area contributed by atoms with Crippen molar-refractivity contribution in [2.24, 2.45) is 0 Å². The van der Waals surface area contributed by atoms with Gasteiger partial charge < -0.3 is 18.9 Å². The van der Waals surface area contributed by atoms with Gasteiger partial charge in [0.15, 0.2) is 0 Å². The molecule has 1 aromatic rings. The molecule has 0 bridgehead atoms. The molecule has 0 aromatic heterocycles. The summed E-state index contributed by atoms with van der Waals surface area (Å²) in [6.07, 6.45) is -0.138. The van der Waals surface area contributed by atoms with Crippen molar-refractivity contribution in [2.45, 2.75) is 39.2 Å². The fourth-order valence-electron chi connectivity index (χ4n) is 3.20. The molecule has 1 aromatic carbocycles. The minimum atomic E-state index is -1.82. The van der Waals surface area contributed by atoms with E-state index < -0.39 is 29.6 Å². The van der Waals surface area contributed by atoms with Crippen LogP contribution in [0, 0.1) is 0 Å². The molecule has 2 rings (SSSR count). The molecule has 7 nitrogen and oxygen atoms in total. The topological polar surface area (TPSA) is 88.1 Å². The van der Waals surface area contributed by atoms with Gasteiger partial charge in [0.2, 0.25) is 5.41 Å². The first-order valence-corrected chi connectivity index (χ1v) is 8.92. The lowest BCUT2D eigenvalue weighted by Gasteiger charge is -2.31. The van der Waals surface area contributed by atoms with Crippen molar-refractivity contribution in [1.82, 2.24) is 0 Å². The third-order valence-electron chi connectivity index (χ3n) is 4.25. The first-order valence-electron chi connectivity index (χ1n) is 8.92. The van der Waals surface area contributed by atoms with Gasteiger partial charge in [-0.25, -0.2) is 4.79 Å². The highest BCUT2D eigenvalue weighted by atomic mass is 16.7. The Hall–Kier alpha value is -2.83. The van der Waals surface area contributed by atoms with E-state index in [1.165, 1.54) is 0 Å². The molecule has 0 radical (unpaired) electrons. The average Bonchev–Trinajstić information content (AvgIpc) is 2.98. The lowest BCUT2D eigenvalue weighted by Crippen LogP contribution is -2.49. The van der Waals surface area contributed by atoms with Crippen LogP contribution < -0.4 is 0 Å². The molecular formula is C20H24O7. The van der Waals surface area contributed by atoms with Gasteiger partial charge in [-0.2, -0.15) is 0 Å². The fraction of sp³-hybridized carbons (Fsp3) is 0.450. The molecule has 0 saturated carbocycles. The Bertz CT molecular complexity index is 732. The number of hydrogen-bond acceptors (Lipinski definition) is 7. The third-order valence-corrected chi connectivity index (χ3v) is 4.25. The van der Waals surface area contributed by atoms with Crippen molar-refractivity contribution in [1.29, 1.82) is 0 Å². The molecule has 1 atom stereocenters. The van der Waals surface area contributed by atoms with Crippen LogP contribution in [0.1, 0.15) is 38.8 Å². The minimum Gasteiger partial charge on any atom is -0.465 e. The van der Waals surface area contributed by atoms with Gasteiger partial charge in [0.05, 0.1) is 19.8 Å². The van der Waals surface area contributed by atoms with Gasteiger partial charge in [-0.15, -0.1) is 0 Å². The molecule has 0 fully saturated rings. The van der Waals surface area contributed by atoms with E-state index in [1.54, 1.807) is 58.0 Å². The summed E-state index contributed by atoms with van der Waals surface area (Å²) in [6, 6.07) is 6.95. The van der Waals surface area contributed by atoms with Crippen molar-refractivity contribution < 1.29 is 33.3 Å². The number of benzene rings is 1. The van der Waals surface area contributed by atoms with Crippen LogP contribution in [0.2, 0.25) is 0 Å². The summed E-state index contributed by atoms with van der Waals surface area (Å²) in [5.41, 5.74) is -0.452. The van der Waals surface area contributed by atoms with Crippen LogP contribution in [0.3, 0.4) is 0 Å². The first-order chi connectivity index (χ1) is 12.9. The SMILES string of the molecule is CCOC(=O)OC(C)C1=Cc2ccccc2C1(C(=O)OCC)C(=O)OCC. The number of fused-ring (bicyclic) bond motifs is 1. The lowest BCUT2D eigenvalue weighted by atomic mass is 9.75. The maximum absolute atomic E-state index is 13.0. The number of carbonyl (C=O) groups excluding carboxylic acids is 3. The van der Waals surface area contributed by atoms with Gasteiger partial charge in [0.25, 0.3) is 0 Å². The standard InChI is InChI=1S/C20H24O7/c1-5-24-17(21)20(18(22)25-6-2)15-11-9-8-10-14(15)12-16(20)13(4)27-19(23)26-7-3/h8-13H,5-7H2,1-4H3. The zero-order valence-corrected chi connectivity index (χ0v) is 15.9. The van der Waals surface area contributed by atoms with E-state index in [4.69, 9.17) is 18.9 Å². The van der Waals surface area contributed by atoms with Crippen LogP contribution in [-0.2, 0) is 34.0 Å². The summed E-state index contributed by atoms with van der Waals surface area (Å²) in [6.45, 7) is 6.84. The predicted molar refractivity (Wildman–Crippen MR) is 96.9 cm³/mol. The highest BCUT2D eigenvalue weighted by molar-refractivity contribution is 6.13. The molecule has 1 aliphatic carbocycles. The summed E-state index contributed by atoms with van der Waals surface area (Å²) in [5.74, 6) is -1.53. The van der Waals surface area contributed by atoms with E-state index in [0.29, 0.717) is 11.1 Å². The summed E-state index contributed by atoms with van der Waals surface area (Å²) in [7, 11) is 0. The fourth-order valence-corrected chi connectivity index (χ4v) is 3.20. The quantitative estimate of drug-likeness (QED) is 0.411. The molecule has 0 N–H and O–H groups in total. The second-order valence-electron chi connectivity index (χ2n) is 5.82. The number of esters is 2. The molecule has 146 valence electrons. The maximum Gasteiger partial charge on any atom is 0.508 e. The molecule has 27 heavy (non-hydrogen) atoms. The van der Waals surface area contributed by atoms with Crippen LogP contribution in [0.5, 0.6) is 0 Å². The van der Waals surface area contributed by atoms with Crippen LogP contribution in [0.25, 0.3) is 6.08 Å². The highest BCUT2D eigenvalue weighted by Crippen LogP contribution is 2.46. The zero-order valence-electron chi connectivity index (χ0n) is 15.9. The number of carbonyl (C=O) groups is 3. The van der Waals surface area contributed by atoms with Crippen molar-refractivity contribution in [2.75, 3.05) is 19.8 Å². The Kier molecular flexibility index (Phi) is 6.60. The van der Waals surface area contributed by atoms with Crippen LogP contribution in [-0.4, -0.2) is 44.0 Å². The Morgan fingerprint density at radius 3 is 2.04 bits per heavy atom. The smallest absolute Gasteiger partial charge is 0.465 e. The van der Waals surface area contributed by atoms with Crippen molar-refractivity contribution in [3.8, 4) is 0 Å². The van der Waals surface area contributed by atoms with Crippen LogP contribution in [0.4, 0.5) is 4.79 Å². The van der Waals surface area contributed by atoms with E-state index in [9.17, 15) is 14.4 Å². The average molecular weight is 376 g/mol. The Morgan fingerprint density at radius 2 is 1.48 bits per heavy atom. The molecule has 0 saturated heterocycles. The van der Waals surface area contributed by atoms with E-state index in [1.807, 2.05) is 0 Å². The van der Waals surface area contributed by atoms with Gasteiger partial charge in [0, 0.05) is 5.57 Å². The van der Waals surface area contributed by atoms with Gasteiger partial charge >= 0.3 is 18.1 Å². The Labute approximate surface area is 158 Å². The first kappa shape index (κ1) is 20.5. The van der Waals surface area contributed by atoms with Crippen molar-refractivity contribution in [3.05, 3.63) is 41.0 Å². The Balaban J connectivity index is 2.59. The van der Waals surface area contributed by atoms with Crippen LogP contribution >= 0.6 is 0 Å². The van der Waals surface area contributed by atoms with E-state index in [2.05, 4.69) is 0 Å². The maximum atomic E-state index is 13.0. The molecular weight excluding hydrogens is 352 g/mol. The van der Waals surface area contributed by atoms with Gasteiger partial charge in [0.1, 0.15) is 6.10 Å². The summed E-state index contributed by atoms with van der Waals surface area (Å²) in [5, 5.41) is 0. The molecule has 7 heteroatoms. The third kappa shape index (κ3) is 3.67. The lowest BCUT2D eigenvalue weighted by molar-refractivity contribution is -0.163. The molecule has 1 aliphatic rings. The summed E-state index contributed by atoms with van der Waals surface area (Å²) < 4.78 is 20.6. The van der Waals surface area contributed by atoms with E-state index >= 15 is 0 Å². The second kappa shape index (κ2) is 8.70. The normalized spacial score (nSPS) is 15.2.